The third-order valence-corrected chi connectivity index (χ3v) is 4.50. The summed E-state index contributed by atoms with van der Waals surface area (Å²) >= 11 is 0. The molecular formula is C23H16N4O3. The fourth-order valence-corrected chi connectivity index (χ4v) is 2.93. The second-order valence-electron chi connectivity index (χ2n) is 6.40. The van der Waals surface area contributed by atoms with Crippen molar-refractivity contribution in [1.82, 2.24) is 15.0 Å². The van der Waals surface area contributed by atoms with E-state index in [4.69, 9.17) is 10.00 Å². The van der Waals surface area contributed by atoms with Gasteiger partial charge in [0, 0.05) is 11.6 Å². The summed E-state index contributed by atoms with van der Waals surface area (Å²) in [5.74, 6) is 1.32. The van der Waals surface area contributed by atoms with Crippen molar-refractivity contribution in [2.75, 3.05) is 7.11 Å². The highest BCUT2D eigenvalue weighted by Crippen LogP contribution is 2.34. The van der Waals surface area contributed by atoms with Crippen LogP contribution in [0.1, 0.15) is 5.56 Å². The Morgan fingerprint density at radius 1 is 0.767 bits per heavy atom. The molecule has 0 amide bonds. The molecule has 0 spiro atoms. The number of para-hydroxylation sites is 1. The van der Waals surface area contributed by atoms with Crippen LogP contribution in [0.15, 0.2) is 66.7 Å². The Bertz CT molecular complexity index is 1260. The molecule has 0 unspecified atom stereocenters. The van der Waals surface area contributed by atoms with E-state index in [1.807, 2.05) is 0 Å². The lowest BCUT2D eigenvalue weighted by atomic mass is 10.1. The number of aromatic hydroxyl groups is 2. The fourth-order valence-electron chi connectivity index (χ4n) is 2.93. The molecule has 0 aliphatic heterocycles. The summed E-state index contributed by atoms with van der Waals surface area (Å²) in [7, 11) is 1.51. The largest absolute Gasteiger partial charge is 0.507 e. The van der Waals surface area contributed by atoms with E-state index in [2.05, 4.69) is 21.0 Å². The molecule has 3 aromatic carbocycles. The third-order valence-electron chi connectivity index (χ3n) is 4.50. The Morgan fingerprint density at radius 3 is 2.00 bits per heavy atom. The first-order valence-electron chi connectivity index (χ1n) is 9.01. The lowest BCUT2D eigenvalue weighted by Crippen LogP contribution is -2.00. The van der Waals surface area contributed by atoms with E-state index in [-0.39, 0.29) is 23.1 Å². The number of nitrogens with zero attached hydrogens (tertiary/aromatic N) is 4. The molecule has 0 saturated carbocycles. The molecule has 0 bridgehead atoms. The SMILES string of the molecule is COc1ccc(-c2nc(-c3ccc(C#N)cc3)nc(-c3ccccc3O)n2)c(O)c1. The van der Waals surface area contributed by atoms with Gasteiger partial charge in [0.15, 0.2) is 17.5 Å². The van der Waals surface area contributed by atoms with E-state index in [9.17, 15) is 10.2 Å². The first-order chi connectivity index (χ1) is 14.6. The van der Waals surface area contributed by atoms with Crippen molar-refractivity contribution in [3.8, 4) is 57.5 Å². The van der Waals surface area contributed by atoms with Gasteiger partial charge in [-0.2, -0.15) is 5.26 Å². The number of rotatable bonds is 4. The predicted molar refractivity (Wildman–Crippen MR) is 111 cm³/mol. The first kappa shape index (κ1) is 18.9. The zero-order valence-electron chi connectivity index (χ0n) is 15.9. The molecule has 0 atom stereocenters. The van der Waals surface area contributed by atoms with Gasteiger partial charge in [-0.05, 0) is 48.5 Å². The van der Waals surface area contributed by atoms with Crippen molar-refractivity contribution in [2.24, 2.45) is 0 Å². The van der Waals surface area contributed by atoms with Gasteiger partial charge in [-0.3, -0.25) is 0 Å². The Labute approximate surface area is 172 Å². The van der Waals surface area contributed by atoms with Crippen LogP contribution in [0.4, 0.5) is 0 Å². The van der Waals surface area contributed by atoms with Crippen LogP contribution in [0.25, 0.3) is 34.2 Å². The van der Waals surface area contributed by atoms with E-state index >= 15 is 0 Å². The first-order valence-corrected chi connectivity index (χ1v) is 9.01. The zero-order chi connectivity index (χ0) is 21.1. The lowest BCUT2D eigenvalue weighted by Gasteiger charge is -2.10. The summed E-state index contributed by atoms with van der Waals surface area (Å²) in [6.45, 7) is 0. The van der Waals surface area contributed by atoms with Crippen LogP contribution in [0.3, 0.4) is 0 Å². The van der Waals surface area contributed by atoms with Crippen LogP contribution in [0.2, 0.25) is 0 Å². The monoisotopic (exact) mass is 396 g/mol. The summed E-state index contributed by atoms with van der Waals surface area (Å²) in [5.41, 5.74) is 2.01. The normalized spacial score (nSPS) is 10.4. The second kappa shape index (κ2) is 7.89. The van der Waals surface area contributed by atoms with Gasteiger partial charge >= 0.3 is 0 Å². The highest BCUT2D eigenvalue weighted by molar-refractivity contribution is 5.72. The Hall–Kier alpha value is -4.44. The van der Waals surface area contributed by atoms with Gasteiger partial charge in [-0.1, -0.05) is 12.1 Å². The van der Waals surface area contributed by atoms with Gasteiger partial charge in [-0.15, -0.1) is 0 Å². The van der Waals surface area contributed by atoms with Gasteiger partial charge in [0.1, 0.15) is 17.2 Å². The van der Waals surface area contributed by atoms with Crippen LogP contribution in [0, 0.1) is 11.3 Å². The maximum Gasteiger partial charge on any atom is 0.167 e. The van der Waals surface area contributed by atoms with Crippen LogP contribution >= 0.6 is 0 Å². The molecule has 2 N–H and O–H groups in total. The van der Waals surface area contributed by atoms with E-state index < -0.39 is 0 Å². The lowest BCUT2D eigenvalue weighted by molar-refractivity contribution is 0.408. The average Bonchev–Trinajstić information content (AvgIpc) is 2.79. The van der Waals surface area contributed by atoms with Gasteiger partial charge in [0.25, 0.3) is 0 Å². The minimum atomic E-state index is -0.0467. The summed E-state index contributed by atoms with van der Waals surface area (Å²) in [4.78, 5) is 13.5. The predicted octanol–water partition coefficient (Wildman–Crippen LogP) is 4.16. The summed E-state index contributed by atoms with van der Waals surface area (Å²) in [5, 5.41) is 29.8. The molecule has 4 aromatic rings. The van der Waals surface area contributed by atoms with Gasteiger partial charge in [-0.25, -0.2) is 15.0 Å². The maximum atomic E-state index is 10.5. The minimum Gasteiger partial charge on any atom is -0.507 e. The molecule has 7 nitrogen and oxygen atoms in total. The molecule has 0 fully saturated rings. The molecular weight excluding hydrogens is 380 g/mol. The Morgan fingerprint density at radius 2 is 1.40 bits per heavy atom. The zero-order valence-corrected chi connectivity index (χ0v) is 15.9. The molecule has 1 aromatic heterocycles. The molecule has 7 heteroatoms. The van der Waals surface area contributed by atoms with Crippen molar-refractivity contribution < 1.29 is 14.9 Å². The van der Waals surface area contributed by atoms with Crippen LogP contribution in [-0.2, 0) is 0 Å². The molecule has 0 aliphatic rings. The van der Waals surface area contributed by atoms with Crippen molar-refractivity contribution in [3.05, 3.63) is 72.3 Å². The number of hydrogen-bond donors (Lipinski definition) is 2. The number of phenolic OH excluding ortho intramolecular Hbond substituents is 2. The Kier molecular flexibility index (Phi) is 4.97. The van der Waals surface area contributed by atoms with Gasteiger partial charge in [0.05, 0.1) is 29.9 Å². The topological polar surface area (TPSA) is 112 Å². The van der Waals surface area contributed by atoms with Crippen molar-refractivity contribution in [3.63, 3.8) is 0 Å². The molecule has 30 heavy (non-hydrogen) atoms. The molecule has 0 radical (unpaired) electrons. The Balaban J connectivity index is 1.92. The maximum absolute atomic E-state index is 10.5. The number of methoxy groups -OCH3 is 1. The number of hydrogen-bond acceptors (Lipinski definition) is 7. The van der Waals surface area contributed by atoms with Crippen LogP contribution in [0.5, 0.6) is 17.2 Å². The third kappa shape index (κ3) is 3.62. The van der Waals surface area contributed by atoms with Crippen LogP contribution < -0.4 is 4.74 Å². The van der Waals surface area contributed by atoms with Crippen molar-refractivity contribution in [1.29, 1.82) is 5.26 Å². The number of ether oxygens (including phenoxy) is 1. The summed E-state index contributed by atoms with van der Waals surface area (Å²) < 4.78 is 5.14. The van der Waals surface area contributed by atoms with Gasteiger partial charge in [0.2, 0.25) is 0 Å². The molecule has 0 aliphatic carbocycles. The number of aromatic nitrogens is 3. The number of phenols is 2. The second-order valence-corrected chi connectivity index (χ2v) is 6.40. The van der Waals surface area contributed by atoms with Crippen LogP contribution in [-0.4, -0.2) is 32.3 Å². The van der Waals surface area contributed by atoms with E-state index in [1.54, 1.807) is 60.7 Å². The fraction of sp³-hybridized carbons (Fsp3) is 0.0435. The smallest absolute Gasteiger partial charge is 0.167 e. The molecule has 1 heterocycles. The summed E-state index contributed by atoms with van der Waals surface area (Å²) in [6, 6.07) is 20.4. The van der Waals surface area contributed by atoms with E-state index in [1.165, 1.54) is 13.2 Å². The quantitative estimate of drug-likeness (QED) is 0.532. The molecule has 4 rings (SSSR count). The summed E-state index contributed by atoms with van der Waals surface area (Å²) in [6.07, 6.45) is 0. The van der Waals surface area contributed by atoms with E-state index in [0.29, 0.717) is 33.8 Å². The number of nitriles is 1. The van der Waals surface area contributed by atoms with Crippen molar-refractivity contribution >= 4 is 0 Å². The average molecular weight is 396 g/mol. The van der Waals surface area contributed by atoms with E-state index in [0.717, 1.165) is 0 Å². The highest BCUT2D eigenvalue weighted by atomic mass is 16.5. The number of benzene rings is 3. The van der Waals surface area contributed by atoms with Crippen molar-refractivity contribution in [2.45, 2.75) is 0 Å². The minimum absolute atomic E-state index is 0.0272. The molecule has 0 saturated heterocycles. The van der Waals surface area contributed by atoms with Gasteiger partial charge < -0.3 is 14.9 Å². The standard InChI is InChI=1S/C23H16N4O3/c1-30-16-10-11-18(20(29)12-16)23-26-21(15-8-6-14(13-24)7-9-15)25-22(27-23)17-4-2-3-5-19(17)28/h2-12,28-29H,1H3. The molecule has 146 valence electrons. The highest BCUT2D eigenvalue weighted by Gasteiger charge is 2.16.